The molecule has 0 aliphatic carbocycles. The monoisotopic (exact) mass is 181 g/mol. The maximum Gasteiger partial charge on any atom is 1.00 e. The summed E-state index contributed by atoms with van der Waals surface area (Å²) >= 11 is 0. The van der Waals surface area contributed by atoms with Crippen LogP contribution >= 0.6 is 0 Å². The molecule has 0 fully saturated rings. The summed E-state index contributed by atoms with van der Waals surface area (Å²) in [6.45, 7) is 8.68. The van der Waals surface area contributed by atoms with Crippen molar-refractivity contribution in [2.45, 2.75) is 40.0 Å². The van der Waals surface area contributed by atoms with Crippen LogP contribution in [0.4, 0.5) is 0 Å². The standard InChI is InChI=1S/C9H20N.K/c1-4-7-9(5-2)8-10-6-3;/h9H,4-8H2,1-3H3;/q-1;+1. The van der Waals surface area contributed by atoms with Crippen LogP contribution in [0.5, 0.6) is 0 Å². The number of rotatable bonds is 6. The SMILES string of the molecule is CCCC(CC)C[N-]CC.[K+]. The molecule has 0 rings (SSSR count). The van der Waals surface area contributed by atoms with Crippen LogP contribution in [0.3, 0.4) is 0 Å². The minimum Gasteiger partial charge on any atom is -0.662 e. The Bertz CT molecular complexity index is 66.6. The van der Waals surface area contributed by atoms with Gasteiger partial charge in [0.25, 0.3) is 0 Å². The molecule has 0 aromatic rings. The average Bonchev–Trinajstić information content (AvgIpc) is 1.98. The molecule has 11 heavy (non-hydrogen) atoms. The van der Waals surface area contributed by atoms with Gasteiger partial charge in [0.05, 0.1) is 0 Å². The molecule has 0 aromatic carbocycles. The van der Waals surface area contributed by atoms with Crippen molar-refractivity contribution in [2.24, 2.45) is 5.92 Å². The number of hydrogen-bond acceptors (Lipinski definition) is 0. The molecule has 0 aromatic heterocycles. The van der Waals surface area contributed by atoms with Crippen LogP contribution in [0.2, 0.25) is 0 Å². The van der Waals surface area contributed by atoms with Crippen LogP contribution < -0.4 is 51.4 Å². The van der Waals surface area contributed by atoms with E-state index in [9.17, 15) is 0 Å². The van der Waals surface area contributed by atoms with Crippen LogP contribution in [-0.4, -0.2) is 13.1 Å². The second kappa shape index (κ2) is 11.6. The van der Waals surface area contributed by atoms with Crippen molar-refractivity contribution in [3.05, 3.63) is 5.32 Å². The molecule has 0 saturated carbocycles. The molecule has 0 heterocycles. The number of nitrogens with zero attached hydrogens (tertiary/aromatic N) is 1. The second-order valence-corrected chi connectivity index (χ2v) is 2.79. The van der Waals surface area contributed by atoms with Crippen LogP contribution in [0.1, 0.15) is 40.0 Å². The largest absolute Gasteiger partial charge is 1.00 e. The molecule has 62 valence electrons. The Morgan fingerprint density at radius 3 is 2.18 bits per heavy atom. The van der Waals surface area contributed by atoms with E-state index in [2.05, 4.69) is 26.1 Å². The Morgan fingerprint density at radius 1 is 1.18 bits per heavy atom. The zero-order chi connectivity index (χ0) is 7.82. The first kappa shape index (κ1) is 15.1. The van der Waals surface area contributed by atoms with Gasteiger partial charge >= 0.3 is 51.4 Å². The first-order valence-electron chi connectivity index (χ1n) is 4.48. The fraction of sp³-hybridized carbons (Fsp3) is 1.00. The third-order valence-electron chi connectivity index (χ3n) is 1.89. The van der Waals surface area contributed by atoms with Gasteiger partial charge in [0, 0.05) is 0 Å². The first-order valence-corrected chi connectivity index (χ1v) is 4.48. The van der Waals surface area contributed by atoms with Gasteiger partial charge in [-0.25, -0.2) is 0 Å². The third kappa shape index (κ3) is 9.51. The molecule has 0 spiro atoms. The second-order valence-electron chi connectivity index (χ2n) is 2.79. The summed E-state index contributed by atoms with van der Waals surface area (Å²) in [6, 6.07) is 0. The maximum absolute atomic E-state index is 4.36. The first-order chi connectivity index (χ1) is 4.85. The summed E-state index contributed by atoms with van der Waals surface area (Å²) in [4.78, 5) is 0. The minimum atomic E-state index is 0. The van der Waals surface area contributed by atoms with E-state index in [1.165, 1.54) is 19.3 Å². The summed E-state index contributed by atoms with van der Waals surface area (Å²) in [5.41, 5.74) is 0. The van der Waals surface area contributed by atoms with E-state index in [-0.39, 0.29) is 51.4 Å². The van der Waals surface area contributed by atoms with Crippen LogP contribution in [0.25, 0.3) is 5.32 Å². The van der Waals surface area contributed by atoms with Crippen molar-refractivity contribution >= 4 is 0 Å². The van der Waals surface area contributed by atoms with Crippen molar-refractivity contribution in [2.75, 3.05) is 13.1 Å². The Balaban J connectivity index is 0. The average molecular weight is 181 g/mol. The Labute approximate surface area is 114 Å². The molecule has 0 bridgehead atoms. The van der Waals surface area contributed by atoms with Gasteiger partial charge in [-0.2, -0.15) is 6.54 Å². The smallest absolute Gasteiger partial charge is 0.662 e. The summed E-state index contributed by atoms with van der Waals surface area (Å²) in [5, 5.41) is 4.36. The molecule has 1 unspecified atom stereocenters. The van der Waals surface area contributed by atoms with Crippen molar-refractivity contribution in [1.82, 2.24) is 0 Å². The molecule has 0 N–H and O–H groups in total. The van der Waals surface area contributed by atoms with Crippen molar-refractivity contribution in [3.8, 4) is 0 Å². The third-order valence-corrected chi connectivity index (χ3v) is 1.89. The van der Waals surface area contributed by atoms with Crippen molar-refractivity contribution < 1.29 is 51.4 Å². The Morgan fingerprint density at radius 2 is 1.82 bits per heavy atom. The molecular weight excluding hydrogens is 161 g/mol. The van der Waals surface area contributed by atoms with Gasteiger partial charge in [-0.3, -0.25) is 0 Å². The fourth-order valence-corrected chi connectivity index (χ4v) is 1.14. The topological polar surface area (TPSA) is 14.1 Å². The minimum absolute atomic E-state index is 0. The molecular formula is C9H20KN. The van der Waals surface area contributed by atoms with Gasteiger partial charge in [0.15, 0.2) is 0 Å². The van der Waals surface area contributed by atoms with E-state index in [4.69, 9.17) is 0 Å². The predicted octanol–water partition coefficient (Wildman–Crippen LogP) is 0.210. The van der Waals surface area contributed by atoms with Gasteiger partial charge < -0.3 is 5.32 Å². The Hall–Kier alpha value is 1.60. The molecule has 0 aliphatic heterocycles. The van der Waals surface area contributed by atoms with E-state index < -0.39 is 0 Å². The van der Waals surface area contributed by atoms with Gasteiger partial charge in [-0.15, -0.1) is 6.54 Å². The zero-order valence-corrected chi connectivity index (χ0v) is 11.7. The van der Waals surface area contributed by atoms with Gasteiger partial charge in [0.2, 0.25) is 0 Å². The predicted molar refractivity (Wildman–Crippen MR) is 47.5 cm³/mol. The van der Waals surface area contributed by atoms with Gasteiger partial charge in [-0.05, 0) is 0 Å². The van der Waals surface area contributed by atoms with Gasteiger partial charge in [-0.1, -0.05) is 46.0 Å². The van der Waals surface area contributed by atoms with Crippen LogP contribution in [0, 0.1) is 5.92 Å². The fourth-order valence-electron chi connectivity index (χ4n) is 1.14. The normalized spacial score (nSPS) is 12.3. The van der Waals surface area contributed by atoms with E-state index in [1.807, 2.05) is 0 Å². The number of hydrogen-bond donors (Lipinski definition) is 0. The summed E-state index contributed by atoms with van der Waals surface area (Å²) in [6.07, 6.45) is 3.94. The van der Waals surface area contributed by atoms with E-state index in [1.54, 1.807) is 0 Å². The molecule has 1 atom stereocenters. The van der Waals surface area contributed by atoms with Crippen LogP contribution in [0.15, 0.2) is 0 Å². The van der Waals surface area contributed by atoms with Crippen LogP contribution in [-0.2, 0) is 0 Å². The molecule has 2 heteroatoms. The molecule has 0 aliphatic rings. The summed E-state index contributed by atoms with van der Waals surface area (Å²) in [5.74, 6) is 0.852. The van der Waals surface area contributed by atoms with Crippen molar-refractivity contribution in [3.63, 3.8) is 0 Å². The van der Waals surface area contributed by atoms with E-state index in [0.29, 0.717) is 0 Å². The molecule has 0 amide bonds. The Kier molecular flexibility index (Phi) is 15.9. The van der Waals surface area contributed by atoms with E-state index >= 15 is 0 Å². The quantitative estimate of drug-likeness (QED) is 0.520. The summed E-state index contributed by atoms with van der Waals surface area (Å²) < 4.78 is 0. The van der Waals surface area contributed by atoms with Crippen molar-refractivity contribution in [1.29, 1.82) is 0 Å². The molecule has 0 radical (unpaired) electrons. The molecule has 0 saturated heterocycles. The maximum atomic E-state index is 4.36. The van der Waals surface area contributed by atoms with E-state index in [0.717, 1.165) is 19.0 Å². The summed E-state index contributed by atoms with van der Waals surface area (Å²) in [7, 11) is 0. The van der Waals surface area contributed by atoms with Gasteiger partial charge in [0.1, 0.15) is 0 Å². The molecule has 1 nitrogen and oxygen atoms in total. The zero-order valence-electron chi connectivity index (χ0n) is 8.56.